The zero-order valence-corrected chi connectivity index (χ0v) is 20.9. The Morgan fingerprint density at radius 2 is 1.88 bits per heavy atom. The molecule has 1 aromatic rings. The minimum atomic E-state index is -0.858. The highest BCUT2D eigenvalue weighted by Crippen LogP contribution is 2.23. The highest BCUT2D eigenvalue weighted by atomic mass is 35.5. The number of hydrogen-bond donors (Lipinski definition) is 1. The number of alkyl carbamates (subject to hydrolysis) is 1. The topological polar surface area (TPSA) is 98.0 Å². The number of carbonyl (C=O) groups excluding carboxylic acids is 2. The number of amides is 2. The quantitative estimate of drug-likeness (QED) is 0.384. The Morgan fingerprint density at radius 1 is 1.25 bits per heavy atom. The van der Waals surface area contributed by atoms with Crippen LogP contribution in [0.5, 0.6) is 0 Å². The van der Waals surface area contributed by atoms with Crippen LogP contribution in [0.1, 0.15) is 26.3 Å². The summed E-state index contributed by atoms with van der Waals surface area (Å²) in [5.41, 5.74) is -0.00913. The first-order chi connectivity index (χ1) is 15.0. The Hall–Kier alpha value is -2.15. The number of hydrogen-bond acceptors (Lipinski definition) is 6. The van der Waals surface area contributed by atoms with E-state index in [4.69, 9.17) is 33.2 Å². The minimum Gasteiger partial charge on any atom is -0.444 e. The average molecular weight is 500 g/mol. The first-order valence-corrected chi connectivity index (χ1v) is 12.0. The van der Waals surface area contributed by atoms with E-state index in [0.29, 0.717) is 47.0 Å². The SMILES string of the molecule is CSC(=NC#N)N1CCN(C(=O)[C@H](Cc2ccc(Cl)cc2Cl)NC(=O)OC(C)(C)C)CC1. The predicted molar refractivity (Wildman–Crippen MR) is 128 cm³/mol. The number of benzene rings is 1. The molecule has 11 heteroatoms. The Bertz CT molecular complexity index is 906. The van der Waals surface area contributed by atoms with Crippen LogP contribution in [0.25, 0.3) is 0 Å². The molecule has 0 radical (unpaired) electrons. The van der Waals surface area contributed by atoms with E-state index in [0.717, 1.165) is 0 Å². The molecule has 174 valence electrons. The largest absolute Gasteiger partial charge is 0.444 e. The summed E-state index contributed by atoms with van der Waals surface area (Å²) in [6.45, 7) is 7.21. The number of aliphatic imine (C=N–C) groups is 1. The van der Waals surface area contributed by atoms with Crippen LogP contribution in [0.3, 0.4) is 0 Å². The lowest BCUT2D eigenvalue weighted by Crippen LogP contribution is -2.56. The van der Waals surface area contributed by atoms with Crippen LogP contribution < -0.4 is 5.32 Å². The lowest BCUT2D eigenvalue weighted by atomic mass is 10.0. The third-order valence-corrected chi connectivity index (χ3v) is 5.92. The van der Waals surface area contributed by atoms with Crippen molar-refractivity contribution in [2.24, 2.45) is 4.99 Å². The molecule has 0 bridgehead atoms. The third-order valence-electron chi connectivity index (χ3n) is 4.62. The molecular formula is C21H27Cl2N5O3S. The van der Waals surface area contributed by atoms with Gasteiger partial charge in [-0.1, -0.05) is 41.0 Å². The summed E-state index contributed by atoms with van der Waals surface area (Å²) in [5, 5.41) is 13.1. The van der Waals surface area contributed by atoms with E-state index in [2.05, 4.69) is 10.3 Å². The normalized spacial score (nSPS) is 15.7. The second-order valence-corrected chi connectivity index (χ2v) is 9.77. The summed E-state index contributed by atoms with van der Waals surface area (Å²) >= 11 is 13.7. The van der Waals surface area contributed by atoms with Gasteiger partial charge < -0.3 is 19.9 Å². The fourth-order valence-electron chi connectivity index (χ4n) is 3.18. The molecule has 0 spiro atoms. The minimum absolute atomic E-state index is 0.195. The fourth-order valence-corrected chi connectivity index (χ4v) is 4.24. The molecule has 1 atom stereocenters. The number of nitrogens with zero attached hydrogens (tertiary/aromatic N) is 4. The van der Waals surface area contributed by atoms with Gasteiger partial charge in [0.2, 0.25) is 12.1 Å². The molecule has 1 aromatic carbocycles. The van der Waals surface area contributed by atoms with Crippen molar-refractivity contribution in [3.63, 3.8) is 0 Å². The van der Waals surface area contributed by atoms with E-state index in [1.54, 1.807) is 50.1 Å². The number of amidine groups is 1. The van der Waals surface area contributed by atoms with Crippen molar-refractivity contribution in [1.29, 1.82) is 5.26 Å². The van der Waals surface area contributed by atoms with E-state index in [-0.39, 0.29) is 12.3 Å². The molecule has 1 aliphatic heterocycles. The maximum Gasteiger partial charge on any atom is 0.408 e. The smallest absolute Gasteiger partial charge is 0.408 e. The molecular weight excluding hydrogens is 473 g/mol. The predicted octanol–water partition coefficient (Wildman–Crippen LogP) is 3.77. The second-order valence-electron chi connectivity index (χ2n) is 8.15. The number of carbonyl (C=O) groups is 2. The van der Waals surface area contributed by atoms with Gasteiger partial charge in [0.1, 0.15) is 11.6 Å². The zero-order chi connectivity index (χ0) is 23.9. The standard InChI is InChI=1S/C21H27Cl2N5O3S/c1-21(2,3)31-20(30)26-17(11-14-5-6-15(22)12-16(14)23)18(29)27-7-9-28(10-8-27)19(32-4)25-13-24/h5-6,12,17H,7-11H2,1-4H3,(H,26,30)/t17-/m0/s1. The van der Waals surface area contributed by atoms with E-state index in [1.165, 1.54) is 11.8 Å². The Morgan fingerprint density at radius 3 is 2.41 bits per heavy atom. The Labute approximate surface area is 202 Å². The summed E-state index contributed by atoms with van der Waals surface area (Å²) in [6, 6.07) is 4.17. The van der Waals surface area contributed by atoms with Gasteiger partial charge in [-0.05, 0) is 44.7 Å². The van der Waals surface area contributed by atoms with E-state index in [9.17, 15) is 9.59 Å². The molecule has 0 aliphatic carbocycles. The zero-order valence-electron chi connectivity index (χ0n) is 18.5. The van der Waals surface area contributed by atoms with Gasteiger partial charge in [-0.15, -0.1) is 4.99 Å². The van der Waals surface area contributed by atoms with Gasteiger partial charge in [0.05, 0.1) is 0 Å². The number of halogens is 2. The van der Waals surface area contributed by atoms with Gasteiger partial charge in [-0.2, -0.15) is 5.26 Å². The van der Waals surface area contributed by atoms with Crippen LogP contribution in [0.2, 0.25) is 10.0 Å². The molecule has 1 N–H and O–H groups in total. The highest BCUT2D eigenvalue weighted by Gasteiger charge is 2.31. The molecule has 1 fully saturated rings. The maximum atomic E-state index is 13.3. The van der Waals surface area contributed by atoms with Crippen LogP contribution in [-0.4, -0.2) is 71.0 Å². The van der Waals surface area contributed by atoms with Gasteiger partial charge in [0.25, 0.3) is 0 Å². The summed E-state index contributed by atoms with van der Waals surface area (Å²) in [4.78, 5) is 33.2. The molecule has 1 aliphatic rings. The van der Waals surface area contributed by atoms with Gasteiger partial charge in [-0.25, -0.2) is 4.79 Å². The van der Waals surface area contributed by atoms with E-state index in [1.807, 2.05) is 11.2 Å². The number of nitriles is 1. The Kier molecular flexibility index (Phi) is 9.49. The van der Waals surface area contributed by atoms with Gasteiger partial charge in [0.15, 0.2) is 5.17 Å². The second kappa shape index (κ2) is 11.6. The van der Waals surface area contributed by atoms with Crippen molar-refractivity contribution in [1.82, 2.24) is 15.1 Å². The van der Waals surface area contributed by atoms with Crippen molar-refractivity contribution < 1.29 is 14.3 Å². The number of thioether (sulfide) groups is 1. The number of rotatable bonds is 4. The monoisotopic (exact) mass is 499 g/mol. The maximum absolute atomic E-state index is 13.3. The number of nitrogens with one attached hydrogen (secondary N) is 1. The average Bonchev–Trinajstić information content (AvgIpc) is 2.71. The first-order valence-electron chi connectivity index (χ1n) is 10.0. The third kappa shape index (κ3) is 7.76. The molecule has 0 aromatic heterocycles. The molecule has 1 saturated heterocycles. The van der Waals surface area contributed by atoms with Crippen LogP contribution >= 0.6 is 35.0 Å². The van der Waals surface area contributed by atoms with Gasteiger partial charge >= 0.3 is 6.09 Å². The lowest BCUT2D eigenvalue weighted by molar-refractivity contribution is -0.134. The van der Waals surface area contributed by atoms with Crippen molar-refractivity contribution in [2.45, 2.75) is 38.8 Å². The molecule has 2 amide bonds. The molecule has 0 unspecified atom stereocenters. The van der Waals surface area contributed by atoms with Crippen LogP contribution in [0, 0.1) is 11.5 Å². The molecule has 1 heterocycles. The Balaban J connectivity index is 2.15. The van der Waals surface area contributed by atoms with Crippen LogP contribution in [-0.2, 0) is 16.0 Å². The molecule has 0 saturated carbocycles. The van der Waals surface area contributed by atoms with E-state index < -0.39 is 17.7 Å². The fraction of sp³-hybridized carbons (Fsp3) is 0.524. The van der Waals surface area contributed by atoms with Crippen LogP contribution in [0.15, 0.2) is 23.2 Å². The molecule has 2 rings (SSSR count). The van der Waals surface area contributed by atoms with Gasteiger partial charge in [0, 0.05) is 42.6 Å². The summed E-state index contributed by atoms with van der Waals surface area (Å²) in [6.07, 6.45) is 3.18. The first kappa shape index (κ1) is 26.1. The molecule has 32 heavy (non-hydrogen) atoms. The summed E-state index contributed by atoms with van der Waals surface area (Å²) in [5.74, 6) is -0.232. The summed E-state index contributed by atoms with van der Waals surface area (Å²) in [7, 11) is 0. The van der Waals surface area contributed by atoms with E-state index >= 15 is 0 Å². The van der Waals surface area contributed by atoms with Crippen LogP contribution in [0.4, 0.5) is 4.79 Å². The number of piperazine rings is 1. The van der Waals surface area contributed by atoms with Crippen molar-refractivity contribution in [2.75, 3.05) is 32.4 Å². The molecule has 8 nitrogen and oxygen atoms in total. The van der Waals surface area contributed by atoms with Crippen molar-refractivity contribution >= 4 is 52.1 Å². The van der Waals surface area contributed by atoms with Crippen molar-refractivity contribution in [3.8, 4) is 6.19 Å². The van der Waals surface area contributed by atoms with Crippen molar-refractivity contribution in [3.05, 3.63) is 33.8 Å². The number of ether oxygens (including phenoxy) is 1. The van der Waals surface area contributed by atoms with Gasteiger partial charge in [-0.3, -0.25) is 4.79 Å². The summed E-state index contributed by atoms with van der Waals surface area (Å²) < 4.78 is 5.35. The lowest BCUT2D eigenvalue weighted by Gasteiger charge is -2.37. The highest BCUT2D eigenvalue weighted by molar-refractivity contribution is 8.13.